The van der Waals surface area contributed by atoms with Crippen molar-refractivity contribution >= 4 is 17.8 Å². The van der Waals surface area contributed by atoms with E-state index in [9.17, 15) is 0 Å². The van der Waals surface area contributed by atoms with E-state index < -0.39 is 0 Å². The average molecular weight is 289 g/mol. The molecule has 0 heterocycles. The number of benzene rings is 2. The van der Waals surface area contributed by atoms with Gasteiger partial charge in [-0.1, -0.05) is 67.3 Å². The molecule has 22 heavy (non-hydrogen) atoms. The minimum absolute atomic E-state index is 0.796. The highest BCUT2D eigenvalue weighted by Crippen LogP contribution is 2.19. The van der Waals surface area contributed by atoms with Crippen LogP contribution >= 0.6 is 0 Å². The van der Waals surface area contributed by atoms with Crippen LogP contribution in [-0.4, -0.2) is 0 Å². The molecule has 1 heteroatoms. The van der Waals surface area contributed by atoms with Crippen molar-refractivity contribution in [2.75, 3.05) is 5.73 Å². The number of hydrogen-bond donors (Lipinski definition) is 1. The van der Waals surface area contributed by atoms with Gasteiger partial charge in [0.2, 0.25) is 0 Å². The van der Waals surface area contributed by atoms with Gasteiger partial charge < -0.3 is 5.73 Å². The Morgan fingerprint density at radius 2 is 1.64 bits per heavy atom. The van der Waals surface area contributed by atoms with Crippen LogP contribution in [0.4, 0.5) is 5.69 Å². The number of allylic oxidation sites excluding steroid dienone is 2. The third-order valence-corrected chi connectivity index (χ3v) is 3.61. The van der Waals surface area contributed by atoms with Gasteiger partial charge in [0.1, 0.15) is 0 Å². The number of hydrogen-bond acceptors (Lipinski definition) is 1. The minimum atomic E-state index is 0.796. The van der Waals surface area contributed by atoms with Crippen molar-refractivity contribution in [2.24, 2.45) is 0 Å². The first-order chi connectivity index (χ1) is 10.6. The first-order valence-electron chi connectivity index (χ1n) is 7.51. The standard InChI is InChI=1S/C21H23N/c1-4-6-20-10-7-18(15-19(20)5-2)14-16(3)13-17-8-11-21(22)12-9-17/h4-12,15H,2-3,13-14,22H2,1H3/b6-4-. The van der Waals surface area contributed by atoms with Gasteiger partial charge in [-0.3, -0.25) is 0 Å². The minimum Gasteiger partial charge on any atom is -0.399 e. The second kappa shape index (κ2) is 7.46. The van der Waals surface area contributed by atoms with E-state index in [1.54, 1.807) is 0 Å². The fourth-order valence-electron chi connectivity index (χ4n) is 2.52. The first kappa shape index (κ1) is 15.8. The summed E-state index contributed by atoms with van der Waals surface area (Å²) >= 11 is 0. The van der Waals surface area contributed by atoms with Gasteiger partial charge in [0, 0.05) is 5.69 Å². The molecule has 0 bridgehead atoms. The van der Waals surface area contributed by atoms with Crippen molar-refractivity contribution in [3.8, 4) is 0 Å². The van der Waals surface area contributed by atoms with Crippen molar-refractivity contribution in [1.82, 2.24) is 0 Å². The van der Waals surface area contributed by atoms with E-state index in [-0.39, 0.29) is 0 Å². The fourth-order valence-corrected chi connectivity index (χ4v) is 2.52. The van der Waals surface area contributed by atoms with Gasteiger partial charge in [0.25, 0.3) is 0 Å². The smallest absolute Gasteiger partial charge is 0.0314 e. The molecular weight excluding hydrogens is 266 g/mol. The molecule has 0 spiro atoms. The van der Waals surface area contributed by atoms with Gasteiger partial charge in [0.15, 0.2) is 0 Å². The van der Waals surface area contributed by atoms with Crippen LogP contribution in [0.1, 0.15) is 29.2 Å². The maximum atomic E-state index is 5.71. The summed E-state index contributed by atoms with van der Waals surface area (Å²) in [7, 11) is 0. The van der Waals surface area contributed by atoms with Crippen LogP contribution in [0.15, 0.2) is 67.3 Å². The van der Waals surface area contributed by atoms with Gasteiger partial charge in [-0.2, -0.15) is 0 Å². The zero-order valence-corrected chi connectivity index (χ0v) is 13.2. The lowest BCUT2D eigenvalue weighted by molar-refractivity contribution is 1.04. The fraction of sp³-hybridized carbons (Fsp3) is 0.143. The summed E-state index contributed by atoms with van der Waals surface area (Å²) in [5.74, 6) is 0. The molecule has 0 unspecified atom stereocenters. The predicted octanol–water partition coefficient (Wildman–Crippen LogP) is 5.29. The van der Waals surface area contributed by atoms with E-state index in [1.165, 1.54) is 22.3 Å². The highest BCUT2D eigenvalue weighted by molar-refractivity contribution is 5.65. The zero-order chi connectivity index (χ0) is 15.9. The highest BCUT2D eigenvalue weighted by Gasteiger charge is 2.03. The zero-order valence-electron chi connectivity index (χ0n) is 13.2. The molecule has 2 N–H and O–H groups in total. The molecule has 0 saturated carbocycles. The van der Waals surface area contributed by atoms with E-state index in [1.807, 2.05) is 31.2 Å². The molecule has 112 valence electrons. The van der Waals surface area contributed by atoms with Gasteiger partial charge in [-0.05, 0) is 54.2 Å². The Hall–Kier alpha value is -2.54. The van der Waals surface area contributed by atoms with E-state index in [0.29, 0.717) is 0 Å². The van der Waals surface area contributed by atoms with Gasteiger partial charge in [0.05, 0.1) is 0 Å². The molecule has 0 aromatic heterocycles. The summed E-state index contributed by atoms with van der Waals surface area (Å²) in [4.78, 5) is 0. The lowest BCUT2D eigenvalue weighted by atomic mass is 9.96. The molecule has 1 nitrogen and oxygen atoms in total. The van der Waals surface area contributed by atoms with E-state index in [2.05, 4.69) is 49.6 Å². The van der Waals surface area contributed by atoms with E-state index in [4.69, 9.17) is 5.73 Å². The van der Waals surface area contributed by atoms with Crippen LogP contribution in [-0.2, 0) is 12.8 Å². The molecule has 0 aliphatic heterocycles. The predicted molar refractivity (Wildman–Crippen MR) is 98.6 cm³/mol. The third-order valence-electron chi connectivity index (χ3n) is 3.61. The second-order valence-corrected chi connectivity index (χ2v) is 5.51. The van der Waals surface area contributed by atoms with Crippen molar-refractivity contribution in [1.29, 1.82) is 0 Å². The van der Waals surface area contributed by atoms with Crippen LogP contribution < -0.4 is 5.73 Å². The molecule has 0 saturated heterocycles. The van der Waals surface area contributed by atoms with Crippen LogP contribution in [0.2, 0.25) is 0 Å². The van der Waals surface area contributed by atoms with Crippen LogP contribution in [0.25, 0.3) is 12.2 Å². The Bertz CT molecular complexity index is 690. The van der Waals surface area contributed by atoms with Crippen molar-refractivity contribution < 1.29 is 0 Å². The van der Waals surface area contributed by atoms with Gasteiger partial charge in [-0.15, -0.1) is 0 Å². The Kier molecular flexibility index (Phi) is 5.37. The summed E-state index contributed by atoms with van der Waals surface area (Å²) in [6.07, 6.45) is 7.80. The van der Waals surface area contributed by atoms with Crippen molar-refractivity contribution in [3.63, 3.8) is 0 Å². The van der Waals surface area contributed by atoms with Crippen LogP contribution in [0.3, 0.4) is 0 Å². The summed E-state index contributed by atoms with van der Waals surface area (Å²) in [6, 6.07) is 14.5. The molecule has 2 rings (SSSR count). The first-order valence-corrected chi connectivity index (χ1v) is 7.51. The highest BCUT2D eigenvalue weighted by atomic mass is 14.5. The summed E-state index contributed by atoms with van der Waals surface area (Å²) in [6.45, 7) is 10.1. The van der Waals surface area contributed by atoms with Crippen molar-refractivity contribution in [2.45, 2.75) is 19.8 Å². The Morgan fingerprint density at radius 3 is 2.27 bits per heavy atom. The normalized spacial score (nSPS) is 10.8. The number of rotatable bonds is 6. The molecule has 0 aliphatic carbocycles. The van der Waals surface area contributed by atoms with Crippen molar-refractivity contribution in [3.05, 3.63) is 89.5 Å². The largest absolute Gasteiger partial charge is 0.399 e. The summed E-state index contributed by atoms with van der Waals surface area (Å²) in [5, 5.41) is 0. The summed E-state index contributed by atoms with van der Waals surface area (Å²) in [5.41, 5.74) is 12.6. The molecule has 0 atom stereocenters. The molecule has 2 aromatic carbocycles. The average Bonchev–Trinajstić information content (AvgIpc) is 2.51. The lowest BCUT2D eigenvalue weighted by Gasteiger charge is -2.09. The molecule has 0 fully saturated rings. The van der Waals surface area contributed by atoms with Crippen LogP contribution in [0, 0.1) is 0 Å². The maximum Gasteiger partial charge on any atom is 0.0314 e. The number of nitrogen functional groups attached to an aromatic ring is 1. The van der Waals surface area contributed by atoms with Crippen LogP contribution in [0.5, 0.6) is 0 Å². The number of anilines is 1. The second-order valence-electron chi connectivity index (χ2n) is 5.51. The quantitative estimate of drug-likeness (QED) is 0.567. The maximum absolute atomic E-state index is 5.71. The molecule has 0 radical (unpaired) electrons. The molecule has 2 aromatic rings. The summed E-state index contributed by atoms with van der Waals surface area (Å²) < 4.78 is 0. The van der Waals surface area contributed by atoms with Gasteiger partial charge >= 0.3 is 0 Å². The monoisotopic (exact) mass is 289 g/mol. The Morgan fingerprint density at radius 1 is 1.00 bits per heavy atom. The topological polar surface area (TPSA) is 26.0 Å². The Labute approximate surface area is 133 Å². The van der Waals surface area contributed by atoms with E-state index >= 15 is 0 Å². The molecule has 0 amide bonds. The Balaban J connectivity index is 2.08. The van der Waals surface area contributed by atoms with Gasteiger partial charge in [-0.25, -0.2) is 0 Å². The third kappa shape index (κ3) is 4.23. The lowest BCUT2D eigenvalue weighted by Crippen LogP contribution is -1.96. The van der Waals surface area contributed by atoms with E-state index in [0.717, 1.165) is 24.1 Å². The molecular formula is C21H23N. The molecule has 0 aliphatic rings. The number of nitrogens with two attached hydrogens (primary N) is 1. The SMILES string of the molecule is C=Cc1cc(CC(=C)Cc2ccc(N)cc2)ccc1/C=C\C.